The Morgan fingerprint density at radius 3 is 2.68 bits per heavy atom. The van der Waals surface area contributed by atoms with Crippen molar-refractivity contribution >= 4 is 53.7 Å². The molecule has 0 aliphatic rings. The van der Waals surface area contributed by atoms with Crippen LogP contribution in [0.2, 0.25) is 0 Å². The number of benzene rings is 2. The van der Waals surface area contributed by atoms with Crippen molar-refractivity contribution in [2.24, 2.45) is 0 Å². The van der Waals surface area contributed by atoms with Crippen LogP contribution in [-0.4, -0.2) is 22.3 Å². The summed E-state index contributed by atoms with van der Waals surface area (Å²) in [5.74, 6) is -0.565. The summed E-state index contributed by atoms with van der Waals surface area (Å²) in [7, 11) is -3.94. The van der Waals surface area contributed by atoms with Crippen molar-refractivity contribution in [2.45, 2.75) is 17.9 Å². The van der Waals surface area contributed by atoms with Crippen molar-refractivity contribution in [3.8, 4) is 0 Å². The zero-order valence-corrected chi connectivity index (χ0v) is 17.6. The molecule has 0 aliphatic carbocycles. The summed E-state index contributed by atoms with van der Waals surface area (Å²) in [6.45, 7) is 1.88. The molecule has 1 N–H and O–H groups in total. The summed E-state index contributed by atoms with van der Waals surface area (Å²) in [5.41, 5.74) is 1.59. The van der Waals surface area contributed by atoms with E-state index in [1.54, 1.807) is 6.07 Å². The summed E-state index contributed by atoms with van der Waals surface area (Å²) < 4.78 is 38.6. The van der Waals surface area contributed by atoms with Gasteiger partial charge in [-0.1, -0.05) is 30.3 Å². The molecular formula is C17H13BrN4O4S2. The minimum atomic E-state index is -3.94. The van der Waals surface area contributed by atoms with E-state index in [1.807, 2.05) is 37.3 Å². The second-order valence-corrected chi connectivity index (χ2v) is 9.21. The Hall–Kier alpha value is -2.50. The average Bonchev–Trinajstić information content (AvgIpc) is 3.27. The highest BCUT2D eigenvalue weighted by Crippen LogP contribution is 2.31. The van der Waals surface area contributed by atoms with Crippen LogP contribution >= 0.6 is 27.5 Å². The second-order valence-electron chi connectivity index (χ2n) is 5.93. The van der Waals surface area contributed by atoms with Gasteiger partial charge in [0.15, 0.2) is 5.58 Å². The number of rotatable bonds is 5. The Morgan fingerprint density at radius 1 is 1.25 bits per heavy atom. The molecule has 1 atom stereocenters. The molecule has 11 heteroatoms. The molecule has 4 aromatic rings. The van der Waals surface area contributed by atoms with Crippen LogP contribution in [0.15, 0.2) is 67.4 Å². The first-order valence-corrected chi connectivity index (χ1v) is 11.1. The predicted molar refractivity (Wildman–Crippen MR) is 109 cm³/mol. The van der Waals surface area contributed by atoms with Crippen LogP contribution in [0.3, 0.4) is 0 Å². The molecule has 0 saturated carbocycles. The summed E-state index contributed by atoms with van der Waals surface area (Å²) in [6, 6.07) is 12.1. The zero-order chi connectivity index (χ0) is 19.9. The molecular weight excluding hydrogens is 468 g/mol. The largest absolute Gasteiger partial charge is 0.420 e. The Kier molecular flexibility index (Phi) is 4.81. The number of halogens is 1. The van der Waals surface area contributed by atoms with Gasteiger partial charge < -0.3 is 4.42 Å². The Bertz CT molecular complexity index is 1300. The molecule has 0 radical (unpaired) electrons. The van der Waals surface area contributed by atoms with Gasteiger partial charge in [-0.05, 0) is 34.5 Å². The third-order valence-electron chi connectivity index (χ3n) is 4.21. The molecule has 144 valence electrons. The van der Waals surface area contributed by atoms with Gasteiger partial charge in [-0.3, -0.25) is 9.29 Å². The Morgan fingerprint density at radius 2 is 2.00 bits per heavy atom. The van der Waals surface area contributed by atoms with E-state index in [0.29, 0.717) is 9.99 Å². The third-order valence-corrected chi connectivity index (χ3v) is 7.22. The van der Waals surface area contributed by atoms with Crippen LogP contribution in [-0.2, 0) is 10.0 Å². The van der Waals surface area contributed by atoms with E-state index in [2.05, 4.69) is 30.0 Å². The molecule has 0 saturated heterocycles. The molecule has 0 amide bonds. The molecule has 8 nitrogen and oxygen atoms in total. The maximum absolute atomic E-state index is 12.7. The summed E-state index contributed by atoms with van der Waals surface area (Å²) >= 11 is 4.22. The maximum atomic E-state index is 12.7. The average molecular weight is 481 g/mol. The Balaban J connectivity index is 1.82. The fraction of sp³-hybridized carbons (Fsp3) is 0.118. The topological polar surface area (TPSA) is 107 Å². The summed E-state index contributed by atoms with van der Waals surface area (Å²) in [4.78, 5) is 16.2. The van der Waals surface area contributed by atoms with Gasteiger partial charge in [0.2, 0.25) is 5.13 Å². The molecule has 0 fully saturated rings. The normalized spacial score (nSPS) is 12.9. The van der Waals surface area contributed by atoms with Gasteiger partial charge in [-0.15, -0.1) is 0 Å². The monoisotopic (exact) mass is 480 g/mol. The molecule has 28 heavy (non-hydrogen) atoms. The van der Waals surface area contributed by atoms with Crippen LogP contribution in [0, 0.1) is 0 Å². The van der Waals surface area contributed by atoms with E-state index in [-0.39, 0.29) is 21.7 Å². The highest BCUT2D eigenvalue weighted by atomic mass is 79.9. The predicted octanol–water partition coefficient (Wildman–Crippen LogP) is 3.62. The van der Waals surface area contributed by atoms with Gasteiger partial charge in [0.25, 0.3) is 10.0 Å². The van der Waals surface area contributed by atoms with Crippen LogP contribution < -0.4 is 10.5 Å². The highest BCUT2D eigenvalue weighted by Gasteiger charge is 2.24. The standard InChI is InChI=1S/C17H13BrN4O4S2/c1-10(11-5-3-2-4-6-11)22-13-7-12(18)15(8-14(13)26-17(22)23)28(24,25)21-16-19-9-20-27-16/h2-10H,1H3,(H,19,20,21)/t10-/m1/s1. The number of oxazole rings is 1. The summed E-state index contributed by atoms with van der Waals surface area (Å²) in [5, 5.41) is 0.142. The highest BCUT2D eigenvalue weighted by molar-refractivity contribution is 9.10. The van der Waals surface area contributed by atoms with Crippen molar-refractivity contribution in [1.82, 2.24) is 13.9 Å². The smallest absolute Gasteiger partial charge is 0.408 e. The number of anilines is 1. The number of fused-ring (bicyclic) bond motifs is 1. The molecule has 4 rings (SSSR count). The van der Waals surface area contributed by atoms with Gasteiger partial charge in [0, 0.05) is 22.1 Å². The van der Waals surface area contributed by atoms with E-state index in [1.165, 1.54) is 17.0 Å². The van der Waals surface area contributed by atoms with Gasteiger partial charge in [-0.25, -0.2) is 18.2 Å². The van der Waals surface area contributed by atoms with E-state index >= 15 is 0 Å². The van der Waals surface area contributed by atoms with Crippen LogP contribution in [0.25, 0.3) is 11.1 Å². The van der Waals surface area contributed by atoms with Crippen molar-refractivity contribution in [3.63, 3.8) is 0 Å². The second kappa shape index (κ2) is 7.15. The maximum Gasteiger partial charge on any atom is 0.420 e. The van der Waals surface area contributed by atoms with E-state index < -0.39 is 15.8 Å². The lowest BCUT2D eigenvalue weighted by Gasteiger charge is -2.13. The van der Waals surface area contributed by atoms with Crippen LogP contribution in [0.4, 0.5) is 5.13 Å². The number of hydrogen-bond acceptors (Lipinski definition) is 7. The zero-order valence-electron chi connectivity index (χ0n) is 14.4. The SMILES string of the molecule is C[C@H](c1ccccc1)n1c(=O)oc2cc(S(=O)(=O)Nc3ncns3)c(Br)cc21. The molecule has 2 heterocycles. The first-order chi connectivity index (χ1) is 13.4. The molecule has 0 bridgehead atoms. The van der Waals surface area contributed by atoms with E-state index in [4.69, 9.17) is 4.42 Å². The van der Waals surface area contributed by atoms with E-state index in [9.17, 15) is 13.2 Å². The van der Waals surface area contributed by atoms with Gasteiger partial charge >= 0.3 is 5.76 Å². The van der Waals surface area contributed by atoms with Crippen molar-refractivity contribution in [3.05, 3.63) is 69.4 Å². The lowest BCUT2D eigenvalue weighted by atomic mass is 10.1. The van der Waals surface area contributed by atoms with Crippen molar-refractivity contribution in [1.29, 1.82) is 0 Å². The lowest BCUT2D eigenvalue weighted by Crippen LogP contribution is -2.19. The van der Waals surface area contributed by atoms with Crippen molar-refractivity contribution < 1.29 is 12.8 Å². The Labute approximate surface area is 172 Å². The lowest BCUT2D eigenvalue weighted by molar-refractivity contribution is 0.489. The van der Waals surface area contributed by atoms with Gasteiger partial charge in [0.05, 0.1) is 11.6 Å². The van der Waals surface area contributed by atoms with Crippen LogP contribution in [0.5, 0.6) is 0 Å². The number of nitrogens with one attached hydrogen (secondary N) is 1. The molecule has 0 aliphatic heterocycles. The number of sulfonamides is 1. The quantitative estimate of drug-likeness (QED) is 0.467. The first kappa shape index (κ1) is 18.8. The molecule has 0 unspecified atom stereocenters. The fourth-order valence-corrected chi connectivity index (χ4v) is 5.58. The number of aromatic nitrogens is 3. The molecule has 0 spiro atoms. The molecule has 2 aromatic carbocycles. The fourth-order valence-electron chi connectivity index (χ4n) is 2.88. The van der Waals surface area contributed by atoms with Crippen molar-refractivity contribution in [2.75, 3.05) is 4.72 Å². The van der Waals surface area contributed by atoms with E-state index in [0.717, 1.165) is 17.1 Å². The number of nitrogens with zero attached hydrogens (tertiary/aromatic N) is 3. The minimum absolute atomic E-state index is 0.0662. The van der Waals surface area contributed by atoms with Gasteiger partial charge in [-0.2, -0.15) is 4.37 Å². The van der Waals surface area contributed by atoms with Crippen LogP contribution in [0.1, 0.15) is 18.5 Å². The third kappa shape index (κ3) is 3.36. The summed E-state index contributed by atoms with van der Waals surface area (Å²) in [6.07, 6.45) is 1.25. The molecule has 2 aromatic heterocycles. The number of hydrogen-bond donors (Lipinski definition) is 1. The first-order valence-electron chi connectivity index (χ1n) is 8.06. The minimum Gasteiger partial charge on any atom is -0.408 e. The van der Waals surface area contributed by atoms with Gasteiger partial charge in [0.1, 0.15) is 11.2 Å².